The number of fused-ring (bicyclic) bond motifs is 1. The van der Waals surface area contributed by atoms with Gasteiger partial charge in [0, 0.05) is 25.1 Å². The maximum atomic E-state index is 11.8. The molecule has 1 atom stereocenters. The molecule has 1 amide bonds. The van der Waals surface area contributed by atoms with E-state index >= 15 is 0 Å². The van der Waals surface area contributed by atoms with Gasteiger partial charge in [0.1, 0.15) is 0 Å². The number of carbonyl (C=O) groups is 1. The van der Waals surface area contributed by atoms with Gasteiger partial charge in [-0.3, -0.25) is 9.78 Å². The lowest BCUT2D eigenvalue weighted by Gasteiger charge is -2.35. The van der Waals surface area contributed by atoms with E-state index in [1.807, 2.05) is 17.2 Å². The van der Waals surface area contributed by atoms with Gasteiger partial charge in [-0.15, -0.1) is 0 Å². The van der Waals surface area contributed by atoms with Crippen molar-refractivity contribution in [2.75, 3.05) is 6.54 Å². The molecule has 0 radical (unpaired) electrons. The lowest BCUT2D eigenvalue weighted by molar-refractivity contribution is -0.132. The fourth-order valence-electron chi connectivity index (χ4n) is 2.96. The van der Waals surface area contributed by atoms with E-state index in [1.165, 1.54) is 12.0 Å². The summed E-state index contributed by atoms with van der Waals surface area (Å²) < 4.78 is 0. The molecule has 0 saturated carbocycles. The first-order valence-corrected chi connectivity index (χ1v) is 6.87. The maximum absolute atomic E-state index is 11.8. The Morgan fingerprint density at radius 2 is 2.21 bits per heavy atom. The van der Waals surface area contributed by atoms with E-state index in [2.05, 4.69) is 29.2 Å². The standard InChI is InChI=1S/C16H18N2O/c1-12(19)18-10-3-2-6-16(18)14-7-8-15-13(11-14)5-4-9-17-15/h4-5,7-9,11,16H,2-3,6,10H2,1H3/t16-/m1/s1. The number of rotatable bonds is 1. The summed E-state index contributed by atoms with van der Waals surface area (Å²) >= 11 is 0. The van der Waals surface area contributed by atoms with E-state index in [0.29, 0.717) is 0 Å². The van der Waals surface area contributed by atoms with E-state index < -0.39 is 0 Å². The van der Waals surface area contributed by atoms with Gasteiger partial charge in [0.15, 0.2) is 0 Å². The molecule has 0 spiro atoms. The zero-order chi connectivity index (χ0) is 13.2. The Hall–Kier alpha value is -1.90. The normalized spacial score (nSPS) is 19.6. The Labute approximate surface area is 113 Å². The number of piperidine rings is 1. The molecule has 1 saturated heterocycles. The predicted molar refractivity (Wildman–Crippen MR) is 75.7 cm³/mol. The van der Waals surface area contributed by atoms with Gasteiger partial charge in [0.25, 0.3) is 0 Å². The highest BCUT2D eigenvalue weighted by Crippen LogP contribution is 2.32. The van der Waals surface area contributed by atoms with E-state index in [-0.39, 0.29) is 11.9 Å². The Morgan fingerprint density at radius 1 is 1.32 bits per heavy atom. The van der Waals surface area contributed by atoms with Gasteiger partial charge in [0.05, 0.1) is 11.6 Å². The van der Waals surface area contributed by atoms with Gasteiger partial charge in [-0.2, -0.15) is 0 Å². The summed E-state index contributed by atoms with van der Waals surface area (Å²) in [5.41, 5.74) is 2.24. The number of amides is 1. The largest absolute Gasteiger partial charge is 0.336 e. The molecule has 19 heavy (non-hydrogen) atoms. The van der Waals surface area contributed by atoms with Crippen molar-refractivity contribution in [3.8, 4) is 0 Å². The Bertz CT molecular complexity index is 608. The van der Waals surface area contributed by atoms with Crippen LogP contribution in [0.2, 0.25) is 0 Å². The maximum Gasteiger partial charge on any atom is 0.219 e. The highest BCUT2D eigenvalue weighted by molar-refractivity contribution is 5.79. The molecular weight excluding hydrogens is 236 g/mol. The molecule has 0 unspecified atom stereocenters. The smallest absolute Gasteiger partial charge is 0.219 e. The number of nitrogens with zero attached hydrogens (tertiary/aromatic N) is 2. The summed E-state index contributed by atoms with van der Waals surface area (Å²) in [6.45, 7) is 2.55. The molecule has 3 nitrogen and oxygen atoms in total. The first kappa shape index (κ1) is 12.2. The van der Waals surface area contributed by atoms with Gasteiger partial charge in [-0.25, -0.2) is 0 Å². The van der Waals surface area contributed by atoms with Crippen molar-refractivity contribution >= 4 is 16.8 Å². The van der Waals surface area contributed by atoms with Crippen molar-refractivity contribution in [1.82, 2.24) is 9.88 Å². The van der Waals surface area contributed by atoms with Gasteiger partial charge < -0.3 is 4.90 Å². The molecule has 2 heterocycles. The number of aromatic nitrogens is 1. The van der Waals surface area contributed by atoms with E-state index in [0.717, 1.165) is 30.3 Å². The van der Waals surface area contributed by atoms with Crippen LogP contribution in [0.3, 0.4) is 0 Å². The van der Waals surface area contributed by atoms with E-state index in [4.69, 9.17) is 0 Å². The molecule has 0 bridgehead atoms. The molecule has 0 N–H and O–H groups in total. The van der Waals surface area contributed by atoms with Crippen LogP contribution in [0.25, 0.3) is 10.9 Å². The van der Waals surface area contributed by atoms with Crippen molar-refractivity contribution in [2.45, 2.75) is 32.2 Å². The quantitative estimate of drug-likeness (QED) is 0.782. The first-order chi connectivity index (χ1) is 9.25. The Kier molecular flexibility index (Phi) is 3.20. The summed E-state index contributed by atoms with van der Waals surface area (Å²) in [5, 5.41) is 1.15. The van der Waals surface area contributed by atoms with Crippen molar-refractivity contribution in [3.63, 3.8) is 0 Å². The second kappa shape index (κ2) is 5.00. The molecule has 98 valence electrons. The minimum absolute atomic E-state index is 0.177. The topological polar surface area (TPSA) is 33.2 Å². The number of hydrogen-bond donors (Lipinski definition) is 0. The SMILES string of the molecule is CC(=O)N1CCCC[C@@H]1c1ccc2ncccc2c1. The second-order valence-electron chi connectivity index (χ2n) is 5.18. The Morgan fingerprint density at radius 3 is 3.05 bits per heavy atom. The van der Waals surface area contributed by atoms with Crippen LogP contribution in [0.4, 0.5) is 0 Å². The third-order valence-corrected chi connectivity index (χ3v) is 3.92. The number of likely N-dealkylation sites (tertiary alicyclic amines) is 1. The van der Waals surface area contributed by atoms with Crippen LogP contribution in [-0.2, 0) is 4.79 Å². The molecule has 1 aliphatic heterocycles. The average Bonchev–Trinajstić information content (AvgIpc) is 2.46. The van der Waals surface area contributed by atoms with Crippen LogP contribution in [0, 0.1) is 0 Å². The summed E-state index contributed by atoms with van der Waals surface area (Å²) in [7, 11) is 0. The minimum atomic E-state index is 0.177. The van der Waals surface area contributed by atoms with Crippen LogP contribution >= 0.6 is 0 Å². The highest BCUT2D eigenvalue weighted by atomic mass is 16.2. The molecule has 0 aliphatic carbocycles. The molecular formula is C16H18N2O. The fraction of sp³-hybridized carbons (Fsp3) is 0.375. The predicted octanol–water partition coefficient (Wildman–Crippen LogP) is 3.31. The summed E-state index contributed by atoms with van der Waals surface area (Å²) in [6.07, 6.45) is 5.18. The van der Waals surface area contributed by atoms with Crippen LogP contribution in [0.1, 0.15) is 37.8 Å². The van der Waals surface area contributed by atoms with Crippen LogP contribution in [0.5, 0.6) is 0 Å². The average molecular weight is 254 g/mol. The van der Waals surface area contributed by atoms with Crippen molar-refractivity contribution < 1.29 is 4.79 Å². The highest BCUT2D eigenvalue weighted by Gasteiger charge is 2.25. The summed E-state index contributed by atoms with van der Waals surface area (Å²) in [5.74, 6) is 0.177. The molecule has 1 aromatic heterocycles. The minimum Gasteiger partial charge on any atom is -0.336 e. The molecule has 3 heteroatoms. The van der Waals surface area contributed by atoms with Crippen LogP contribution in [-0.4, -0.2) is 22.3 Å². The lowest BCUT2D eigenvalue weighted by Crippen LogP contribution is -2.36. The van der Waals surface area contributed by atoms with Gasteiger partial charge in [-0.05, 0) is 43.0 Å². The van der Waals surface area contributed by atoms with E-state index in [9.17, 15) is 4.79 Å². The second-order valence-corrected chi connectivity index (χ2v) is 5.18. The van der Waals surface area contributed by atoms with E-state index in [1.54, 1.807) is 6.92 Å². The zero-order valence-electron chi connectivity index (χ0n) is 11.2. The van der Waals surface area contributed by atoms with Crippen LogP contribution in [0.15, 0.2) is 36.5 Å². The first-order valence-electron chi connectivity index (χ1n) is 6.87. The van der Waals surface area contributed by atoms with Gasteiger partial charge >= 0.3 is 0 Å². The number of carbonyl (C=O) groups excluding carboxylic acids is 1. The summed E-state index contributed by atoms with van der Waals surface area (Å²) in [4.78, 5) is 18.1. The van der Waals surface area contributed by atoms with Gasteiger partial charge in [0.2, 0.25) is 5.91 Å². The zero-order valence-corrected chi connectivity index (χ0v) is 11.2. The molecule has 1 aliphatic rings. The third-order valence-electron chi connectivity index (χ3n) is 3.92. The number of hydrogen-bond acceptors (Lipinski definition) is 2. The van der Waals surface area contributed by atoms with Crippen molar-refractivity contribution in [1.29, 1.82) is 0 Å². The van der Waals surface area contributed by atoms with Crippen molar-refractivity contribution in [3.05, 3.63) is 42.1 Å². The monoisotopic (exact) mass is 254 g/mol. The Balaban J connectivity index is 1.99. The van der Waals surface area contributed by atoms with Gasteiger partial charge in [-0.1, -0.05) is 12.1 Å². The molecule has 3 rings (SSSR count). The third kappa shape index (κ3) is 2.33. The number of pyridine rings is 1. The fourth-order valence-corrected chi connectivity index (χ4v) is 2.96. The molecule has 2 aromatic rings. The lowest BCUT2D eigenvalue weighted by atomic mass is 9.94. The molecule has 1 fully saturated rings. The number of benzene rings is 1. The molecule has 1 aromatic carbocycles. The summed E-state index contributed by atoms with van der Waals surface area (Å²) in [6, 6.07) is 10.6. The van der Waals surface area contributed by atoms with Crippen molar-refractivity contribution in [2.24, 2.45) is 0 Å². The van der Waals surface area contributed by atoms with Crippen LogP contribution < -0.4 is 0 Å².